The van der Waals surface area contributed by atoms with Gasteiger partial charge in [0.1, 0.15) is 18.1 Å². The molecule has 0 atom stereocenters. The topological polar surface area (TPSA) is 68.8 Å². The van der Waals surface area contributed by atoms with Crippen LogP contribution in [0, 0.1) is 0 Å². The lowest BCUT2D eigenvalue weighted by atomic mass is 10.2. The summed E-state index contributed by atoms with van der Waals surface area (Å²) >= 11 is 8.57. The van der Waals surface area contributed by atoms with Gasteiger partial charge in [0.15, 0.2) is 5.11 Å². The van der Waals surface area contributed by atoms with E-state index in [0.29, 0.717) is 24.5 Å². The van der Waals surface area contributed by atoms with Gasteiger partial charge in [0.05, 0.1) is 19.3 Å². The number of halogens is 1. The normalized spacial score (nSPS) is 10.1. The second kappa shape index (κ2) is 10.1. The van der Waals surface area contributed by atoms with Crippen LogP contribution in [-0.2, 0) is 4.74 Å². The average molecular weight is 439 g/mol. The molecule has 8 heteroatoms. The lowest BCUT2D eigenvalue weighted by Crippen LogP contribution is -2.34. The van der Waals surface area contributed by atoms with Gasteiger partial charge in [-0.3, -0.25) is 10.1 Å². The van der Waals surface area contributed by atoms with E-state index >= 15 is 0 Å². The van der Waals surface area contributed by atoms with E-state index < -0.39 is 0 Å². The number of thiocarbonyl (C=S) groups is 1. The zero-order valence-corrected chi connectivity index (χ0v) is 16.8. The fraction of sp³-hybridized carbons (Fsp3) is 0.222. The molecule has 26 heavy (non-hydrogen) atoms. The molecule has 0 aliphatic carbocycles. The Hall–Kier alpha value is -2.16. The van der Waals surface area contributed by atoms with Crippen LogP contribution in [0.5, 0.6) is 11.5 Å². The van der Waals surface area contributed by atoms with Crippen molar-refractivity contribution in [1.82, 2.24) is 5.32 Å². The Bertz CT molecular complexity index is 768. The van der Waals surface area contributed by atoms with E-state index in [-0.39, 0.29) is 11.0 Å². The van der Waals surface area contributed by atoms with Gasteiger partial charge in [-0.25, -0.2) is 0 Å². The predicted octanol–water partition coefficient (Wildman–Crippen LogP) is 3.61. The highest BCUT2D eigenvalue weighted by molar-refractivity contribution is 9.10. The van der Waals surface area contributed by atoms with Crippen molar-refractivity contribution >= 4 is 44.9 Å². The van der Waals surface area contributed by atoms with E-state index in [9.17, 15) is 4.79 Å². The molecule has 0 radical (unpaired) electrons. The summed E-state index contributed by atoms with van der Waals surface area (Å²) in [6.07, 6.45) is 0. The first-order valence-electron chi connectivity index (χ1n) is 7.71. The lowest BCUT2D eigenvalue weighted by Gasteiger charge is -2.13. The van der Waals surface area contributed by atoms with Gasteiger partial charge >= 0.3 is 0 Å². The fourth-order valence-corrected chi connectivity index (χ4v) is 2.62. The van der Waals surface area contributed by atoms with E-state index in [4.69, 9.17) is 26.4 Å². The van der Waals surface area contributed by atoms with Crippen molar-refractivity contribution in [1.29, 1.82) is 0 Å². The quantitative estimate of drug-likeness (QED) is 0.508. The largest absolute Gasteiger partial charge is 0.497 e. The molecule has 2 rings (SSSR count). The minimum absolute atomic E-state index is 0.183. The summed E-state index contributed by atoms with van der Waals surface area (Å²) in [6.45, 7) is 0.765. The molecule has 0 aliphatic heterocycles. The molecular weight excluding hydrogens is 420 g/mol. The second-order valence-corrected chi connectivity index (χ2v) is 6.44. The van der Waals surface area contributed by atoms with Crippen LogP contribution in [0.25, 0.3) is 0 Å². The number of rotatable bonds is 7. The number of carbonyl (C=O) groups excluding carboxylic acids is 1. The van der Waals surface area contributed by atoms with Crippen LogP contribution in [0.3, 0.4) is 0 Å². The molecule has 0 heterocycles. The van der Waals surface area contributed by atoms with Crippen LogP contribution in [-0.4, -0.2) is 38.5 Å². The molecule has 6 nitrogen and oxygen atoms in total. The summed E-state index contributed by atoms with van der Waals surface area (Å²) in [5, 5.41) is 5.78. The minimum atomic E-state index is -0.371. The molecule has 138 valence electrons. The molecular formula is C18H19BrN2O4S. The molecule has 2 aromatic rings. The number of hydrogen-bond acceptors (Lipinski definition) is 5. The number of nitrogens with one attached hydrogen (secondary N) is 2. The monoisotopic (exact) mass is 438 g/mol. The van der Waals surface area contributed by atoms with E-state index in [2.05, 4.69) is 26.6 Å². The third-order valence-corrected chi connectivity index (χ3v) is 4.00. The maximum atomic E-state index is 12.6. The molecule has 0 unspecified atom stereocenters. The fourth-order valence-electron chi connectivity index (χ4n) is 2.05. The van der Waals surface area contributed by atoms with Crippen molar-refractivity contribution < 1.29 is 19.0 Å². The van der Waals surface area contributed by atoms with Crippen molar-refractivity contribution in [3.8, 4) is 11.5 Å². The van der Waals surface area contributed by atoms with Crippen molar-refractivity contribution in [3.05, 3.63) is 52.5 Å². The smallest absolute Gasteiger partial charge is 0.261 e. The maximum Gasteiger partial charge on any atom is 0.261 e. The number of carbonyl (C=O) groups is 1. The summed E-state index contributed by atoms with van der Waals surface area (Å²) in [4.78, 5) is 12.6. The number of anilines is 1. The summed E-state index contributed by atoms with van der Waals surface area (Å²) in [5.74, 6) is 0.817. The Morgan fingerprint density at radius 1 is 1.12 bits per heavy atom. The van der Waals surface area contributed by atoms with Gasteiger partial charge in [-0.2, -0.15) is 0 Å². The first-order valence-corrected chi connectivity index (χ1v) is 8.91. The second-order valence-electron chi connectivity index (χ2n) is 5.12. The van der Waals surface area contributed by atoms with E-state index in [1.807, 2.05) is 0 Å². The highest BCUT2D eigenvalue weighted by atomic mass is 79.9. The van der Waals surface area contributed by atoms with Crippen LogP contribution >= 0.6 is 28.1 Å². The molecule has 0 aliphatic rings. The molecule has 0 aromatic heterocycles. The molecule has 0 bridgehead atoms. The first kappa shape index (κ1) is 20.2. The predicted molar refractivity (Wildman–Crippen MR) is 108 cm³/mol. The minimum Gasteiger partial charge on any atom is -0.497 e. The molecule has 2 aromatic carbocycles. The number of benzene rings is 2. The van der Waals surface area contributed by atoms with Crippen LogP contribution < -0.4 is 20.1 Å². The molecule has 2 N–H and O–H groups in total. The summed E-state index contributed by atoms with van der Waals surface area (Å²) in [5.41, 5.74) is 1.11. The molecule has 0 saturated carbocycles. The van der Waals surface area contributed by atoms with Crippen molar-refractivity contribution in [2.45, 2.75) is 0 Å². The van der Waals surface area contributed by atoms with Gasteiger partial charge in [0.25, 0.3) is 5.91 Å². The molecule has 0 spiro atoms. The van der Waals surface area contributed by atoms with E-state index in [0.717, 1.165) is 15.9 Å². The average Bonchev–Trinajstić information content (AvgIpc) is 2.63. The Morgan fingerprint density at radius 3 is 2.50 bits per heavy atom. The van der Waals surface area contributed by atoms with Crippen LogP contribution in [0.1, 0.15) is 10.4 Å². The SMILES string of the molecule is COCCOc1ccc(Br)cc1C(=O)NC(=S)Nc1ccc(OC)cc1. The number of methoxy groups -OCH3 is 2. The highest BCUT2D eigenvalue weighted by Gasteiger charge is 2.15. The highest BCUT2D eigenvalue weighted by Crippen LogP contribution is 2.23. The molecule has 0 fully saturated rings. The number of amides is 1. The number of ether oxygens (including phenoxy) is 3. The van der Waals surface area contributed by atoms with Gasteiger partial charge in [-0.1, -0.05) is 15.9 Å². The van der Waals surface area contributed by atoms with Gasteiger partial charge in [-0.05, 0) is 54.7 Å². The zero-order valence-electron chi connectivity index (χ0n) is 14.4. The first-order chi connectivity index (χ1) is 12.5. The Labute approximate surface area is 166 Å². The molecule has 0 saturated heterocycles. The Balaban J connectivity index is 2.03. The van der Waals surface area contributed by atoms with Crippen LogP contribution in [0.2, 0.25) is 0 Å². The zero-order chi connectivity index (χ0) is 18.9. The summed E-state index contributed by atoms with van der Waals surface area (Å²) < 4.78 is 16.4. The maximum absolute atomic E-state index is 12.6. The summed E-state index contributed by atoms with van der Waals surface area (Å²) in [7, 11) is 3.18. The van der Waals surface area contributed by atoms with Gasteiger partial charge in [-0.15, -0.1) is 0 Å². The third-order valence-electron chi connectivity index (χ3n) is 3.31. The van der Waals surface area contributed by atoms with E-state index in [1.54, 1.807) is 56.7 Å². The third kappa shape index (κ3) is 5.98. The van der Waals surface area contributed by atoms with Gasteiger partial charge in [0, 0.05) is 17.3 Å². The van der Waals surface area contributed by atoms with Gasteiger partial charge < -0.3 is 19.5 Å². The van der Waals surface area contributed by atoms with E-state index in [1.165, 1.54) is 0 Å². The standard InChI is InChI=1S/C18H19BrN2O4S/c1-23-9-10-25-16-8-3-12(19)11-15(16)17(22)21-18(26)20-13-4-6-14(24-2)7-5-13/h3-8,11H,9-10H2,1-2H3,(H2,20,21,22,26). The van der Waals surface area contributed by atoms with Crippen molar-refractivity contribution in [3.63, 3.8) is 0 Å². The summed E-state index contributed by atoms with van der Waals surface area (Å²) in [6, 6.07) is 12.4. The number of hydrogen-bond donors (Lipinski definition) is 2. The Kier molecular flexibility index (Phi) is 7.83. The van der Waals surface area contributed by atoms with Crippen LogP contribution in [0.4, 0.5) is 5.69 Å². The lowest BCUT2D eigenvalue weighted by molar-refractivity contribution is 0.0969. The van der Waals surface area contributed by atoms with Gasteiger partial charge in [0.2, 0.25) is 0 Å². The van der Waals surface area contributed by atoms with Crippen molar-refractivity contribution in [2.75, 3.05) is 32.8 Å². The molecule has 1 amide bonds. The Morgan fingerprint density at radius 2 is 1.85 bits per heavy atom. The van der Waals surface area contributed by atoms with Crippen LogP contribution in [0.15, 0.2) is 46.9 Å². The van der Waals surface area contributed by atoms with Crippen molar-refractivity contribution in [2.24, 2.45) is 0 Å².